The standard InChI is InChI=1S/C10H15N3O3S/c1-2-3-5-16-10(14)12-9-7(4-6-17-9)8(11)13-15/h4,6,15H,2-3,5H2,1H3,(H2,11,13)(H,12,14). The number of amides is 1. The zero-order valence-electron chi connectivity index (χ0n) is 9.47. The summed E-state index contributed by atoms with van der Waals surface area (Å²) in [6, 6.07) is 1.65. The smallest absolute Gasteiger partial charge is 0.412 e. The average molecular weight is 257 g/mol. The molecule has 17 heavy (non-hydrogen) atoms. The van der Waals surface area contributed by atoms with E-state index in [1.807, 2.05) is 6.92 Å². The van der Waals surface area contributed by atoms with Crippen LogP contribution in [0, 0.1) is 0 Å². The molecule has 6 nitrogen and oxygen atoms in total. The SMILES string of the molecule is CCCCOC(=O)Nc1sccc1/C(N)=N/O. The first kappa shape index (κ1) is 13.3. The van der Waals surface area contributed by atoms with E-state index in [0.29, 0.717) is 17.2 Å². The van der Waals surface area contributed by atoms with Gasteiger partial charge in [-0.25, -0.2) is 4.79 Å². The molecule has 0 aliphatic heterocycles. The number of hydrogen-bond donors (Lipinski definition) is 3. The first-order valence-corrected chi connectivity index (χ1v) is 6.06. The zero-order chi connectivity index (χ0) is 12.7. The average Bonchev–Trinajstić information content (AvgIpc) is 2.76. The summed E-state index contributed by atoms with van der Waals surface area (Å²) in [6.07, 6.45) is 1.25. The van der Waals surface area contributed by atoms with Crippen LogP contribution in [0.15, 0.2) is 16.6 Å². The predicted octanol–water partition coefficient (Wildman–Crippen LogP) is 2.19. The van der Waals surface area contributed by atoms with Gasteiger partial charge in [-0.2, -0.15) is 0 Å². The van der Waals surface area contributed by atoms with Crippen molar-refractivity contribution in [1.82, 2.24) is 0 Å². The lowest BCUT2D eigenvalue weighted by Gasteiger charge is -2.06. The molecule has 4 N–H and O–H groups in total. The second kappa shape index (κ2) is 6.74. The monoisotopic (exact) mass is 257 g/mol. The molecule has 94 valence electrons. The van der Waals surface area contributed by atoms with Crippen LogP contribution < -0.4 is 11.1 Å². The minimum atomic E-state index is -0.534. The summed E-state index contributed by atoms with van der Waals surface area (Å²) in [7, 11) is 0. The van der Waals surface area contributed by atoms with Crippen LogP contribution in [-0.2, 0) is 4.74 Å². The van der Waals surface area contributed by atoms with E-state index in [9.17, 15) is 4.79 Å². The van der Waals surface area contributed by atoms with E-state index in [0.717, 1.165) is 12.8 Å². The van der Waals surface area contributed by atoms with Crippen LogP contribution in [0.2, 0.25) is 0 Å². The van der Waals surface area contributed by atoms with Crippen molar-refractivity contribution in [3.05, 3.63) is 17.0 Å². The molecular weight excluding hydrogens is 242 g/mol. The summed E-state index contributed by atoms with van der Waals surface area (Å²) in [6.45, 7) is 2.39. The largest absolute Gasteiger partial charge is 0.449 e. The zero-order valence-corrected chi connectivity index (χ0v) is 10.3. The molecule has 0 aliphatic rings. The number of carbonyl (C=O) groups is 1. The summed E-state index contributed by atoms with van der Waals surface area (Å²) in [4.78, 5) is 11.4. The first-order chi connectivity index (χ1) is 8.19. The van der Waals surface area contributed by atoms with Crippen LogP contribution in [0.25, 0.3) is 0 Å². The quantitative estimate of drug-likeness (QED) is 0.247. The fraction of sp³-hybridized carbons (Fsp3) is 0.400. The molecule has 0 unspecified atom stereocenters. The number of carbonyl (C=O) groups excluding carboxylic acids is 1. The lowest BCUT2D eigenvalue weighted by Crippen LogP contribution is -2.18. The van der Waals surface area contributed by atoms with Crippen molar-refractivity contribution < 1.29 is 14.7 Å². The number of thiophene rings is 1. The molecular formula is C10H15N3O3S. The maximum absolute atomic E-state index is 11.4. The van der Waals surface area contributed by atoms with E-state index >= 15 is 0 Å². The number of amidine groups is 1. The number of nitrogens with two attached hydrogens (primary N) is 1. The van der Waals surface area contributed by atoms with Crippen molar-refractivity contribution >= 4 is 28.3 Å². The lowest BCUT2D eigenvalue weighted by atomic mass is 10.3. The van der Waals surface area contributed by atoms with Gasteiger partial charge in [0.15, 0.2) is 5.84 Å². The van der Waals surface area contributed by atoms with Gasteiger partial charge in [0.25, 0.3) is 0 Å². The topological polar surface area (TPSA) is 96.9 Å². The third-order valence-electron chi connectivity index (χ3n) is 2.00. The Balaban J connectivity index is 2.57. The van der Waals surface area contributed by atoms with Gasteiger partial charge >= 0.3 is 6.09 Å². The van der Waals surface area contributed by atoms with Crippen molar-refractivity contribution in [1.29, 1.82) is 0 Å². The molecule has 1 rings (SSSR count). The van der Waals surface area contributed by atoms with Crippen molar-refractivity contribution in [3.63, 3.8) is 0 Å². The highest BCUT2D eigenvalue weighted by molar-refractivity contribution is 7.14. The summed E-state index contributed by atoms with van der Waals surface area (Å²) in [5.74, 6) is -0.0462. The van der Waals surface area contributed by atoms with Gasteiger partial charge in [-0.1, -0.05) is 18.5 Å². The van der Waals surface area contributed by atoms with E-state index in [1.165, 1.54) is 11.3 Å². The third kappa shape index (κ3) is 3.95. The molecule has 0 atom stereocenters. The molecule has 1 aromatic rings. The van der Waals surface area contributed by atoms with Gasteiger partial charge in [-0.3, -0.25) is 5.32 Å². The molecule has 0 aliphatic carbocycles. The Morgan fingerprint density at radius 2 is 2.47 bits per heavy atom. The fourth-order valence-corrected chi connectivity index (χ4v) is 1.88. The number of rotatable bonds is 5. The van der Waals surface area contributed by atoms with E-state index in [1.54, 1.807) is 11.4 Å². The van der Waals surface area contributed by atoms with Gasteiger partial charge in [0.05, 0.1) is 12.2 Å². The Hall–Kier alpha value is -1.76. The maximum Gasteiger partial charge on any atom is 0.412 e. The molecule has 0 radical (unpaired) electrons. The number of unbranched alkanes of at least 4 members (excludes halogenated alkanes) is 1. The molecule has 0 saturated carbocycles. The van der Waals surface area contributed by atoms with Crippen LogP contribution in [0.3, 0.4) is 0 Å². The number of anilines is 1. The van der Waals surface area contributed by atoms with Crippen LogP contribution in [0.1, 0.15) is 25.3 Å². The summed E-state index contributed by atoms with van der Waals surface area (Å²) in [5, 5.41) is 16.2. The Kier molecular flexibility index (Phi) is 5.28. The molecule has 0 spiro atoms. The molecule has 0 bridgehead atoms. The minimum Gasteiger partial charge on any atom is -0.449 e. The van der Waals surface area contributed by atoms with Crippen LogP contribution in [0.4, 0.5) is 9.80 Å². The number of nitrogens with zero attached hydrogens (tertiary/aromatic N) is 1. The summed E-state index contributed by atoms with van der Waals surface area (Å²) < 4.78 is 4.94. The van der Waals surface area contributed by atoms with Crippen LogP contribution in [0.5, 0.6) is 0 Å². The number of oxime groups is 1. The molecule has 1 amide bonds. The van der Waals surface area contributed by atoms with Crippen molar-refractivity contribution in [2.24, 2.45) is 10.9 Å². The van der Waals surface area contributed by atoms with Gasteiger partial charge < -0.3 is 15.7 Å². The van der Waals surface area contributed by atoms with Gasteiger partial charge in [0.2, 0.25) is 0 Å². The highest BCUT2D eigenvalue weighted by Crippen LogP contribution is 2.23. The molecule has 0 saturated heterocycles. The number of ether oxygens (including phenoxy) is 1. The van der Waals surface area contributed by atoms with E-state index in [2.05, 4.69) is 10.5 Å². The molecule has 1 heterocycles. The Morgan fingerprint density at radius 3 is 3.12 bits per heavy atom. The van der Waals surface area contributed by atoms with Crippen LogP contribution >= 0.6 is 11.3 Å². The highest BCUT2D eigenvalue weighted by atomic mass is 32.1. The summed E-state index contributed by atoms with van der Waals surface area (Å²) in [5.41, 5.74) is 5.93. The predicted molar refractivity (Wildman–Crippen MR) is 66.7 cm³/mol. The van der Waals surface area contributed by atoms with E-state index in [-0.39, 0.29) is 5.84 Å². The third-order valence-corrected chi connectivity index (χ3v) is 2.83. The van der Waals surface area contributed by atoms with Crippen molar-refractivity contribution in [3.8, 4) is 0 Å². The van der Waals surface area contributed by atoms with Gasteiger partial charge in [0.1, 0.15) is 5.00 Å². The number of nitrogens with one attached hydrogen (secondary N) is 1. The molecule has 0 fully saturated rings. The highest BCUT2D eigenvalue weighted by Gasteiger charge is 2.12. The molecule has 7 heteroatoms. The van der Waals surface area contributed by atoms with Crippen LogP contribution in [-0.4, -0.2) is 23.7 Å². The maximum atomic E-state index is 11.4. The second-order valence-electron chi connectivity index (χ2n) is 3.26. The van der Waals surface area contributed by atoms with Crippen molar-refractivity contribution in [2.45, 2.75) is 19.8 Å². The first-order valence-electron chi connectivity index (χ1n) is 5.18. The summed E-state index contributed by atoms with van der Waals surface area (Å²) >= 11 is 1.28. The number of hydrogen-bond acceptors (Lipinski definition) is 5. The second-order valence-corrected chi connectivity index (χ2v) is 4.18. The van der Waals surface area contributed by atoms with Gasteiger partial charge in [-0.15, -0.1) is 11.3 Å². The minimum absolute atomic E-state index is 0.0462. The Morgan fingerprint density at radius 1 is 1.71 bits per heavy atom. The Labute approximate surface area is 103 Å². The van der Waals surface area contributed by atoms with E-state index < -0.39 is 6.09 Å². The van der Waals surface area contributed by atoms with Crippen molar-refractivity contribution in [2.75, 3.05) is 11.9 Å². The normalized spacial score (nSPS) is 11.2. The molecule has 0 aromatic carbocycles. The fourth-order valence-electron chi connectivity index (χ4n) is 1.10. The lowest BCUT2D eigenvalue weighted by molar-refractivity contribution is 0.160. The van der Waals surface area contributed by atoms with Gasteiger partial charge in [-0.05, 0) is 17.9 Å². The van der Waals surface area contributed by atoms with Gasteiger partial charge in [0, 0.05) is 0 Å². The van der Waals surface area contributed by atoms with E-state index in [4.69, 9.17) is 15.7 Å². The Bertz CT molecular complexity index is 403. The molecule has 1 aromatic heterocycles.